The highest BCUT2D eigenvalue weighted by Gasteiger charge is 2.42. The maximum Gasteiger partial charge on any atom is 0.434 e. The number of dihydropyridines is 1. The molecule has 1 amide bonds. The topological polar surface area (TPSA) is 129 Å². The van der Waals surface area contributed by atoms with Crippen molar-refractivity contribution in [2.24, 2.45) is 0 Å². The van der Waals surface area contributed by atoms with Crippen molar-refractivity contribution >= 4 is 17.5 Å². The van der Waals surface area contributed by atoms with Crippen LogP contribution in [0.4, 0.5) is 36.6 Å². The van der Waals surface area contributed by atoms with E-state index < -0.39 is 64.9 Å². The predicted molar refractivity (Wildman–Crippen MR) is 104 cm³/mol. The molecule has 0 saturated heterocycles. The number of halogens is 7. The van der Waals surface area contributed by atoms with Gasteiger partial charge in [-0.05, 0) is 18.2 Å². The summed E-state index contributed by atoms with van der Waals surface area (Å²) in [5.74, 6) is -4.16. The standard InChI is InChI=1S/C18H12F7N9O/c19-11-1-2-12(32-14(11)26)33-13(18(23,24)25)9(7-30-33)16(35)31-8-5-10(17(20,21)22)15(27-6-8)34-28-3-4-29-34/h1-5,7,27H,6H2,(H2,26,32)(H,31,35). The van der Waals surface area contributed by atoms with Gasteiger partial charge in [-0.15, -0.1) is 4.80 Å². The van der Waals surface area contributed by atoms with Gasteiger partial charge in [-0.3, -0.25) is 4.79 Å². The minimum absolute atomic E-state index is 0.223. The molecular weight excluding hydrogens is 491 g/mol. The Balaban J connectivity index is 1.70. The number of nitrogens with zero attached hydrogens (tertiary/aromatic N) is 6. The molecular formula is C18H12F7N9O. The molecule has 0 bridgehead atoms. The summed E-state index contributed by atoms with van der Waals surface area (Å²) < 4.78 is 95.7. The number of hydrogen-bond acceptors (Lipinski definition) is 7. The Hall–Kier alpha value is -4.44. The summed E-state index contributed by atoms with van der Waals surface area (Å²) in [4.78, 5) is 16.8. The van der Waals surface area contributed by atoms with Crippen molar-refractivity contribution in [2.45, 2.75) is 12.4 Å². The van der Waals surface area contributed by atoms with Gasteiger partial charge in [0.05, 0.1) is 30.7 Å². The molecule has 1 aliphatic heterocycles. The van der Waals surface area contributed by atoms with Crippen LogP contribution in [0.25, 0.3) is 11.6 Å². The molecule has 0 fully saturated rings. The fourth-order valence-corrected chi connectivity index (χ4v) is 3.11. The van der Waals surface area contributed by atoms with E-state index in [4.69, 9.17) is 5.73 Å². The minimum Gasteiger partial charge on any atom is -0.381 e. The molecule has 0 aromatic carbocycles. The molecule has 4 heterocycles. The van der Waals surface area contributed by atoms with Crippen molar-refractivity contribution in [1.29, 1.82) is 0 Å². The molecule has 0 unspecified atom stereocenters. The number of carbonyl (C=O) groups is 1. The number of nitrogen functional groups attached to an aromatic ring is 1. The van der Waals surface area contributed by atoms with E-state index in [9.17, 15) is 35.5 Å². The summed E-state index contributed by atoms with van der Waals surface area (Å²) in [6.45, 7) is -0.395. The van der Waals surface area contributed by atoms with Gasteiger partial charge in [-0.2, -0.15) is 41.6 Å². The third-order valence-corrected chi connectivity index (χ3v) is 4.58. The van der Waals surface area contributed by atoms with E-state index in [1.807, 2.05) is 5.32 Å². The lowest BCUT2D eigenvalue weighted by Gasteiger charge is -2.23. The summed E-state index contributed by atoms with van der Waals surface area (Å²) in [5.41, 5.74) is 1.03. The summed E-state index contributed by atoms with van der Waals surface area (Å²) in [6, 6.07) is 1.61. The van der Waals surface area contributed by atoms with Gasteiger partial charge < -0.3 is 16.4 Å². The normalized spacial score (nSPS) is 14.5. The number of rotatable bonds is 4. The lowest BCUT2D eigenvalue weighted by Crippen LogP contribution is -2.37. The van der Waals surface area contributed by atoms with Gasteiger partial charge in [0, 0.05) is 5.70 Å². The number of amides is 1. The number of hydrogen-bond donors (Lipinski definition) is 3. The maximum atomic E-state index is 13.8. The van der Waals surface area contributed by atoms with Gasteiger partial charge in [0.25, 0.3) is 5.91 Å². The first kappa shape index (κ1) is 23.7. The Morgan fingerprint density at radius 1 is 1.06 bits per heavy atom. The van der Waals surface area contributed by atoms with Crippen LogP contribution in [0.5, 0.6) is 0 Å². The third-order valence-electron chi connectivity index (χ3n) is 4.58. The monoisotopic (exact) mass is 503 g/mol. The van der Waals surface area contributed by atoms with Crippen molar-refractivity contribution in [3.8, 4) is 5.82 Å². The van der Waals surface area contributed by atoms with Gasteiger partial charge in [-0.25, -0.2) is 14.1 Å². The van der Waals surface area contributed by atoms with Crippen LogP contribution in [0, 0.1) is 5.82 Å². The number of carbonyl (C=O) groups excluding carboxylic acids is 1. The van der Waals surface area contributed by atoms with Crippen LogP contribution in [0.15, 0.2) is 48.1 Å². The van der Waals surface area contributed by atoms with E-state index in [0.29, 0.717) is 17.1 Å². The smallest absolute Gasteiger partial charge is 0.381 e. The van der Waals surface area contributed by atoms with Crippen LogP contribution in [0.3, 0.4) is 0 Å². The second-order valence-corrected chi connectivity index (χ2v) is 6.91. The van der Waals surface area contributed by atoms with Crippen molar-refractivity contribution in [1.82, 2.24) is 40.4 Å². The van der Waals surface area contributed by atoms with Crippen molar-refractivity contribution in [3.05, 3.63) is 65.1 Å². The average molecular weight is 503 g/mol. The Labute approximate surface area is 189 Å². The Bertz CT molecular complexity index is 1340. The summed E-state index contributed by atoms with van der Waals surface area (Å²) in [7, 11) is 0. The lowest BCUT2D eigenvalue weighted by molar-refractivity contribution is -0.143. The van der Waals surface area contributed by atoms with Gasteiger partial charge in [-0.1, -0.05) is 0 Å². The molecule has 0 radical (unpaired) electrons. The van der Waals surface area contributed by atoms with Crippen LogP contribution in [0.2, 0.25) is 0 Å². The number of aromatic nitrogens is 6. The van der Waals surface area contributed by atoms with Gasteiger partial charge in [0.15, 0.2) is 29.0 Å². The van der Waals surface area contributed by atoms with Crippen LogP contribution in [-0.4, -0.2) is 48.4 Å². The predicted octanol–water partition coefficient (Wildman–Crippen LogP) is 2.25. The second-order valence-electron chi connectivity index (χ2n) is 6.91. The molecule has 4 rings (SSSR count). The molecule has 184 valence electrons. The first-order valence-electron chi connectivity index (χ1n) is 9.38. The van der Waals surface area contributed by atoms with E-state index in [0.717, 1.165) is 24.5 Å². The average Bonchev–Trinajstić information content (AvgIpc) is 3.45. The largest absolute Gasteiger partial charge is 0.434 e. The molecule has 3 aromatic heterocycles. The zero-order valence-electron chi connectivity index (χ0n) is 17.0. The molecule has 4 N–H and O–H groups in total. The second kappa shape index (κ2) is 8.41. The van der Waals surface area contributed by atoms with E-state index in [1.165, 1.54) is 0 Å². The molecule has 17 heteroatoms. The molecule has 10 nitrogen and oxygen atoms in total. The lowest BCUT2D eigenvalue weighted by atomic mass is 10.1. The molecule has 1 aliphatic rings. The summed E-state index contributed by atoms with van der Waals surface area (Å²) in [5, 5.41) is 15.1. The van der Waals surface area contributed by atoms with E-state index >= 15 is 0 Å². The summed E-state index contributed by atoms with van der Waals surface area (Å²) >= 11 is 0. The minimum atomic E-state index is -5.15. The Morgan fingerprint density at radius 3 is 2.34 bits per heavy atom. The van der Waals surface area contributed by atoms with Crippen LogP contribution in [0.1, 0.15) is 16.1 Å². The molecule has 0 aliphatic carbocycles. The number of pyridine rings is 1. The van der Waals surface area contributed by atoms with Crippen molar-refractivity contribution in [2.75, 3.05) is 12.3 Å². The van der Waals surface area contributed by atoms with Gasteiger partial charge in [0.2, 0.25) is 0 Å². The first-order valence-corrected chi connectivity index (χ1v) is 9.38. The summed E-state index contributed by atoms with van der Waals surface area (Å²) in [6.07, 6.45) is -6.68. The quantitative estimate of drug-likeness (QED) is 0.466. The van der Waals surface area contributed by atoms with Gasteiger partial charge in [0.1, 0.15) is 5.57 Å². The van der Waals surface area contributed by atoms with Gasteiger partial charge >= 0.3 is 12.4 Å². The highest BCUT2D eigenvalue weighted by atomic mass is 19.4. The third kappa shape index (κ3) is 4.64. The number of nitrogens with one attached hydrogen (secondary N) is 2. The Kier molecular flexibility index (Phi) is 5.69. The Morgan fingerprint density at radius 2 is 1.74 bits per heavy atom. The fourth-order valence-electron chi connectivity index (χ4n) is 3.11. The molecule has 3 aromatic rings. The fraction of sp³-hybridized carbons (Fsp3) is 0.167. The number of nitrogens with two attached hydrogens (primary N) is 1. The van der Waals surface area contributed by atoms with Crippen LogP contribution in [-0.2, 0) is 6.18 Å². The van der Waals surface area contributed by atoms with Crippen LogP contribution < -0.4 is 16.4 Å². The number of alkyl halides is 6. The van der Waals surface area contributed by atoms with E-state index in [-0.39, 0.29) is 10.4 Å². The molecule has 0 atom stereocenters. The van der Waals surface area contributed by atoms with Crippen molar-refractivity contribution < 1.29 is 35.5 Å². The zero-order chi connectivity index (χ0) is 25.5. The number of anilines is 1. The van der Waals surface area contributed by atoms with Crippen LogP contribution >= 0.6 is 0 Å². The first-order chi connectivity index (χ1) is 16.4. The highest BCUT2D eigenvalue weighted by Crippen LogP contribution is 2.35. The molecule has 35 heavy (non-hydrogen) atoms. The highest BCUT2D eigenvalue weighted by molar-refractivity contribution is 5.96. The SMILES string of the molecule is Nc1nc(-n2ncc(C(=O)NC3=CC(C(F)(F)F)=C(n4nccn4)NC3)c2C(F)(F)F)ccc1F. The van der Waals surface area contributed by atoms with E-state index in [2.05, 4.69) is 25.6 Å². The van der Waals surface area contributed by atoms with E-state index in [1.54, 1.807) is 0 Å². The molecule has 0 saturated carbocycles. The zero-order valence-corrected chi connectivity index (χ0v) is 17.0. The van der Waals surface area contributed by atoms with Crippen molar-refractivity contribution in [3.63, 3.8) is 0 Å². The maximum absolute atomic E-state index is 13.8. The molecule has 0 spiro atoms. The number of allylic oxidation sites excluding steroid dienone is 2.